The molecule has 0 spiro atoms. The van der Waals surface area contributed by atoms with Crippen LogP contribution in [0.1, 0.15) is 23.1 Å². The van der Waals surface area contributed by atoms with Gasteiger partial charge in [0, 0.05) is 0 Å². The molecule has 2 rings (SSSR count). The summed E-state index contributed by atoms with van der Waals surface area (Å²) >= 11 is 0. The van der Waals surface area contributed by atoms with Gasteiger partial charge in [0.05, 0.1) is 17.6 Å². The number of para-hydroxylation sites is 1. The molecule has 0 radical (unpaired) electrons. The third-order valence-corrected chi connectivity index (χ3v) is 2.18. The van der Waals surface area contributed by atoms with Crippen LogP contribution in [0.3, 0.4) is 0 Å². The predicted molar refractivity (Wildman–Crippen MR) is 56.8 cm³/mol. The first-order chi connectivity index (χ1) is 7.22. The Bertz CT molecular complexity index is 502. The zero-order valence-corrected chi connectivity index (χ0v) is 8.70. The summed E-state index contributed by atoms with van der Waals surface area (Å²) in [5.41, 5.74) is 2.72. The molecule has 78 valence electrons. The SMILES string of the molecule is CCOC(=O)c1nc2c(C)cccc2[nH]1. The molecule has 0 aliphatic carbocycles. The lowest BCUT2D eigenvalue weighted by molar-refractivity contribution is 0.0514. The van der Waals surface area contributed by atoms with Crippen molar-refractivity contribution in [3.05, 3.63) is 29.6 Å². The van der Waals surface area contributed by atoms with Gasteiger partial charge in [-0.3, -0.25) is 0 Å². The van der Waals surface area contributed by atoms with Crippen molar-refractivity contribution in [1.82, 2.24) is 9.97 Å². The monoisotopic (exact) mass is 204 g/mol. The quantitative estimate of drug-likeness (QED) is 0.761. The van der Waals surface area contributed by atoms with E-state index in [4.69, 9.17) is 4.74 Å². The Balaban J connectivity index is 2.47. The number of ether oxygens (including phenoxy) is 1. The van der Waals surface area contributed by atoms with Crippen LogP contribution in [0.4, 0.5) is 0 Å². The van der Waals surface area contributed by atoms with Crippen LogP contribution >= 0.6 is 0 Å². The molecule has 1 heterocycles. The number of fused-ring (bicyclic) bond motifs is 1. The van der Waals surface area contributed by atoms with Gasteiger partial charge in [-0.25, -0.2) is 9.78 Å². The number of hydrogen-bond acceptors (Lipinski definition) is 3. The Morgan fingerprint density at radius 2 is 2.33 bits per heavy atom. The van der Waals surface area contributed by atoms with Gasteiger partial charge in [-0.2, -0.15) is 0 Å². The predicted octanol–water partition coefficient (Wildman–Crippen LogP) is 2.05. The second-order valence-corrected chi connectivity index (χ2v) is 3.28. The molecule has 0 aliphatic rings. The Morgan fingerprint density at radius 1 is 1.53 bits per heavy atom. The fourth-order valence-corrected chi connectivity index (χ4v) is 1.47. The van der Waals surface area contributed by atoms with Crippen molar-refractivity contribution in [2.45, 2.75) is 13.8 Å². The Labute approximate surface area is 87.3 Å². The first-order valence-electron chi connectivity index (χ1n) is 4.85. The normalized spacial score (nSPS) is 10.5. The maximum atomic E-state index is 11.4. The summed E-state index contributed by atoms with van der Waals surface area (Å²) in [6.07, 6.45) is 0. The van der Waals surface area contributed by atoms with Crippen molar-refractivity contribution in [3.63, 3.8) is 0 Å². The zero-order chi connectivity index (χ0) is 10.8. The zero-order valence-electron chi connectivity index (χ0n) is 8.70. The van der Waals surface area contributed by atoms with Crippen molar-refractivity contribution >= 4 is 17.0 Å². The summed E-state index contributed by atoms with van der Waals surface area (Å²) in [4.78, 5) is 18.5. The van der Waals surface area contributed by atoms with Crippen LogP contribution in [0, 0.1) is 6.92 Å². The van der Waals surface area contributed by atoms with Crippen LogP contribution in [0.25, 0.3) is 11.0 Å². The minimum absolute atomic E-state index is 0.265. The largest absolute Gasteiger partial charge is 0.460 e. The summed E-state index contributed by atoms with van der Waals surface area (Å²) < 4.78 is 4.86. The molecule has 4 heteroatoms. The van der Waals surface area contributed by atoms with Crippen LogP contribution in [0.2, 0.25) is 0 Å². The molecule has 0 bridgehead atoms. The van der Waals surface area contributed by atoms with Gasteiger partial charge in [0.1, 0.15) is 0 Å². The van der Waals surface area contributed by atoms with Crippen LogP contribution in [-0.4, -0.2) is 22.5 Å². The number of benzene rings is 1. The molecule has 0 atom stereocenters. The van der Waals surface area contributed by atoms with E-state index in [2.05, 4.69) is 9.97 Å². The maximum Gasteiger partial charge on any atom is 0.374 e. The van der Waals surface area contributed by atoms with Crippen molar-refractivity contribution in [2.75, 3.05) is 6.61 Å². The van der Waals surface area contributed by atoms with Crippen LogP contribution in [0.15, 0.2) is 18.2 Å². The summed E-state index contributed by atoms with van der Waals surface area (Å²) in [6, 6.07) is 5.76. The molecular formula is C11H12N2O2. The topological polar surface area (TPSA) is 55.0 Å². The number of nitrogens with one attached hydrogen (secondary N) is 1. The molecule has 1 aromatic heterocycles. The van der Waals surface area contributed by atoms with E-state index in [9.17, 15) is 4.79 Å². The average molecular weight is 204 g/mol. The van der Waals surface area contributed by atoms with E-state index in [0.717, 1.165) is 16.6 Å². The first-order valence-corrected chi connectivity index (χ1v) is 4.85. The number of nitrogens with zero attached hydrogens (tertiary/aromatic N) is 1. The van der Waals surface area contributed by atoms with Crippen LogP contribution < -0.4 is 0 Å². The number of hydrogen-bond donors (Lipinski definition) is 1. The highest BCUT2D eigenvalue weighted by Gasteiger charge is 2.12. The van der Waals surface area contributed by atoms with E-state index in [-0.39, 0.29) is 5.82 Å². The molecule has 0 saturated heterocycles. The second kappa shape index (κ2) is 3.73. The highest BCUT2D eigenvalue weighted by Crippen LogP contribution is 2.15. The fourth-order valence-electron chi connectivity index (χ4n) is 1.47. The number of H-pyrrole nitrogens is 1. The van der Waals surface area contributed by atoms with Crippen molar-refractivity contribution in [2.24, 2.45) is 0 Å². The fraction of sp³-hybridized carbons (Fsp3) is 0.273. The summed E-state index contributed by atoms with van der Waals surface area (Å²) in [5.74, 6) is -0.144. The Kier molecular flexibility index (Phi) is 2.41. The molecule has 0 unspecified atom stereocenters. The third-order valence-electron chi connectivity index (χ3n) is 2.18. The van der Waals surface area contributed by atoms with Gasteiger partial charge < -0.3 is 9.72 Å². The summed E-state index contributed by atoms with van der Waals surface area (Å²) in [7, 11) is 0. The van der Waals surface area contributed by atoms with E-state index in [1.807, 2.05) is 25.1 Å². The van der Waals surface area contributed by atoms with Gasteiger partial charge in [0.15, 0.2) is 0 Å². The molecule has 0 amide bonds. The summed E-state index contributed by atoms with van der Waals surface area (Å²) in [5, 5.41) is 0. The molecule has 2 aromatic rings. The van der Waals surface area contributed by atoms with Gasteiger partial charge in [-0.05, 0) is 25.5 Å². The third kappa shape index (κ3) is 1.70. The lowest BCUT2D eigenvalue weighted by atomic mass is 10.2. The number of carbonyl (C=O) groups excluding carboxylic acids is 1. The van der Waals surface area contributed by atoms with Gasteiger partial charge >= 0.3 is 5.97 Å². The smallest absolute Gasteiger partial charge is 0.374 e. The number of aromatic nitrogens is 2. The molecule has 0 aliphatic heterocycles. The van der Waals surface area contributed by atoms with E-state index in [0.29, 0.717) is 6.61 Å². The second-order valence-electron chi connectivity index (χ2n) is 3.28. The van der Waals surface area contributed by atoms with Crippen molar-refractivity contribution in [3.8, 4) is 0 Å². The number of aromatic amines is 1. The van der Waals surface area contributed by atoms with E-state index < -0.39 is 5.97 Å². The van der Waals surface area contributed by atoms with E-state index >= 15 is 0 Å². The lowest BCUT2D eigenvalue weighted by Crippen LogP contribution is -2.06. The first kappa shape index (κ1) is 9.71. The number of aryl methyl sites for hydroxylation is 1. The number of carbonyl (C=O) groups is 1. The molecule has 4 nitrogen and oxygen atoms in total. The van der Waals surface area contributed by atoms with Gasteiger partial charge in [-0.15, -0.1) is 0 Å². The molecule has 0 fully saturated rings. The Morgan fingerprint density at radius 3 is 3.00 bits per heavy atom. The number of esters is 1. The number of imidazole rings is 1. The minimum atomic E-state index is -0.409. The standard InChI is InChI=1S/C11H12N2O2/c1-3-15-11(14)10-12-8-6-4-5-7(2)9(8)13-10/h4-6H,3H2,1-2H3,(H,12,13). The molecular weight excluding hydrogens is 192 g/mol. The minimum Gasteiger partial charge on any atom is -0.460 e. The van der Waals surface area contributed by atoms with Crippen LogP contribution in [-0.2, 0) is 4.74 Å². The molecule has 1 N–H and O–H groups in total. The summed E-state index contributed by atoms with van der Waals surface area (Å²) in [6.45, 7) is 4.08. The highest BCUT2D eigenvalue weighted by atomic mass is 16.5. The van der Waals surface area contributed by atoms with Crippen molar-refractivity contribution < 1.29 is 9.53 Å². The van der Waals surface area contributed by atoms with E-state index in [1.165, 1.54) is 0 Å². The van der Waals surface area contributed by atoms with Gasteiger partial charge in [0.2, 0.25) is 5.82 Å². The number of rotatable bonds is 2. The maximum absolute atomic E-state index is 11.4. The van der Waals surface area contributed by atoms with E-state index in [1.54, 1.807) is 6.92 Å². The van der Waals surface area contributed by atoms with Crippen LogP contribution in [0.5, 0.6) is 0 Å². The Hall–Kier alpha value is -1.84. The molecule has 0 saturated carbocycles. The van der Waals surface area contributed by atoms with Crippen molar-refractivity contribution in [1.29, 1.82) is 0 Å². The van der Waals surface area contributed by atoms with Gasteiger partial charge in [-0.1, -0.05) is 12.1 Å². The average Bonchev–Trinajstić information content (AvgIpc) is 2.63. The van der Waals surface area contributed by atoms with Gasteiger partial charge in [0.25, 0.3) is 0 Å². The molecule has 1 aromatic carbocycles. The lowest BCUT2D eigenvalue weighted by Gasteiger charge is -1.95. The molecule has 15 heavy (non-hydrogen) atoms. The highest BCUT2D eigenvalue weighted by molar-refractivity contribution is 5.91.